The zero-order valence-corrected chi connectivity index (χ0v) is 17.2. The van der Waals surface area contributed by atoms with Gasteiger partial charge in [0.15, 0.2) is 11.5 Å². The second-order valence-corrected chi connectivity index (χ2v) is 6.44. The summed E-state index contributed by atoms with van der Waals surface area (Å²) in [5.41, 5.74) is 5.61. The van der Waals surface area contributed by atoms with Gasteiger partial charge in [-0.2, -0.15) is 5.10 Å². The predicted octanol–water partition coefficient (Wildman–Crippen LogP) is 3.58. The first-order valence-corrected chi connectivity index (χ1v) is 9.55. The van der Waals surface area contributed by atoms with E-state index in [1.54, 1.807) is 30.3 Å². The van der Waals surface area contributed by atoms with Gasteiger partial charge in [-0.05, 0) is 74.2 Å². The van der Waals surface area contributed by atoms with Crippen LogP contribution in [0, 0.1) is 13.8 Å². The van der Waals surface area contributed by atoms with Crippen LogP contribution in [-0.4, -0.2) is 31.2 Å². The van der Waals surface area contributed by atoms with Gasteiger partial charge in [0.2, 0.25) is 0 Å². The maximum atomic E-state index is 12.0. The third kappa shape index (κ3) is 6.64. The summed E-state index contributed by atoms with van der Waals surface area (Å²) >= 11 is 0. The van der Waals surface area contributed by atoms with E-state index in [0.29, 0.717) is 36.0 Å². The van der Waals surface area contributed by atoms with Crippen LogP contribution in [0.4, 0.5) is 5.69 Å². The van der Waals surface area contributed by atoms with Crippen molar-refractivity contribution < 1.29 is 19.1 Å². The molecule has 2 aromatic carbocycles. The molecular formula is C22H27N3O4. The van der Waals surface area contributed by atoms with Gasteiger partial charge in [-0.25, -0.2) is 5.43 Å². The molecule has 2 aromatic rings. The molecule has 0 aromatic heterocycles. The topological polar surface area (TPSA) is 89.0 Å². The zero-order chi connectivity index (χ0) is 21.2. The summed E-state index contributed by atoms with van der Waals surface area (Å²) in [6.45, 7) is 8.92. The van der Waals surface area contributed by atoms with Crippen LogP contribution >= 0.6 is 0 Å². The Morgan fingerprint density at radius 1 is 0.966 bits per heavy atom. The SMILES string of the molecule is CCCOc1ccc(/C=N/NC(=O)C(=O)Nc2ccc(C)c(C)c2)cc1OCC. The van der Waals surface area contributed by atoms with E-state index in [1.807, 2.05) is 33.8 Å². The third-order valence-corrected chi connectivity index (χ3v) is 4.08. The van der Waals surface area contributed by atoms with Crippen molar-refractivity contribution in [2.24, 2.45) is 5.10 Å². The summed E-state index contributed by atoms with van der Waals surface area (Å²) in [6, 6.07) is 10.8. The van der Waals surface area contributed by atoms with Crippen molar-refractivity contribution in [3.8, 4) is 11.5 Å². The number of anilines is 1. The van der Waals surface area contributed by atoms with Gasteiger partial charge in [-0.3, -0.25) is 9.59 Å². The first kappa shape index (κ1) is 21.9. The lowest BCUT2D eigenvalue weighted by Crippen LogP contribution is -2.32. The second-order valence-electron chi connectivity index (χ2n) is 6.44. The number of rotatable bonds is 8. The maximum Gasteiger partial charge on any atom is 0.329 e. The lowest BCUT2D eigenvalue weighted by Gasteiger charge is -2.11. The van der Waals surface area contributed by atoms with E-state index in [9.17, 15) is 9.59 Å². The minimum atomic E-state index is -0.854. The van der Waals surface area contributed by atoms with Crippen molar-refractivity contribution in [1.82, 2.24) is 5.43 Å². The molecule has 154 valence electrons. The first-order chi connectivity index (χ1) is 13.9. The summed E-state index contributed by atoms with van der Waals surface area (Å²) in [5.74, 6) is -0.387. The van der Waals surface area contributed by atoms with Crippen LogP contribution in [0.1, 0.15) is 37.0 Å². The molecule has 29 heavy (non-hydrogen) atoms. The van der Waals surface area contributed by atoms with Gasteiger partial charge in [0.25, 0.3) is 0 Å². The fraction of sp³-hybridized carbons (Fsp3) is 0.318. The average molecular weight is 397 g/mol. The third-order valence-electron chi connectivity index (χ3n) is 4.08. The number of hydrogen-bond acceptors (Lipinski definition) is 5. The Bertz CT molecular complexity index is 894. The fourth-order valence-corrected chi connectivity index (χ4v) is 2.43. The second kappa shape index (κ2) is 10.8. The molecule has 0 heterocycles. The lowest BCUT2D eigenvalue weighted by atomic mass is 10.1. The van der Waals surface area contributed by atoms with Crippen LogP contribution < -0.4 is 20.2 Å². The summed E-state index contributed by atoms with van der Waals surface area (Å²) < 4.78 is 11.2. The first-order valence-electron chi connectivity index (χ1n) is 9.55. The Morgan fingerprint density at radius 3 is 2.45 bits per heavy atom. The van der Waals surface area contributed by atoms with E-state index >= 15 is 0 Å². The fourth-order valence-electron chi connectivity index (χ4n) is 2.43. The van der Waals surface area contributed by atoms with Gasteiger partial charge in [0, 0.05) is 5.69 Å². The quantitative estimate of drug-likeness (QED) is 0.405. The monoisotopic (exact) mass is 397 g/mol. The molecule has 0 aliphatic heterocycles. The molecule has 7 heteroatoms. The number of ether oxygens (including phenoxy) is 2. The number of nitrogens with one attached hydrogen (secondary N) is 2. The molecule has 0 saturated heterocycles. The minimum absolute atomic E-state index is 0.498. The molecule has 2 N–H and O–H groups in total. The normalized spacial score (nSPS) is 10.6. The van der Waals surface area contributed by atoms with Crippen LogP contribution in [0.15, 0.2) is 41.5 Å². The van der Waals surface area contributed by atoms with Gasteiger partial charge < -0.3 is 14.8 Å². The van der Waals surface area contributed by atoms with Gasteiger partial charge in [-0.1, -0.05) is 13.0 Å². The molecule has 0 saturated carbocycles. The van der Waals surface area contributed by atoms with Crippen LogP contribution in [0.3, 0.4) is 0 Å². The van der Waals surface area contributed by atoms with Crippen molar-refractivity contribution >= 4 is 23.7 Å². The van der Waals surface area contributed by atoms with Gasteiger partial charge in [-0.15, -0.1) is 0 Å². The number of carbonyl (C=O) groups excluding carboxylic acids is 2. The van der Waals surface area contributed by atoms with E-state index in [-0.39, 0.29) is 0 Å². The lowest BCUT2D eigenvalue weighted by molar-refractivity contribution is -0.136. The van der Waals surface area contributed by atoms with Crippen molar-refractivity contribution in [3.05, 3.63) is 53.1 Å². The zero-order valence-electron chi connectivity index (χ0n) is 17.2. The van der Waals surface area contributed by atoms with E-state index in [2.05, 4.69) is 15.8 Å². The Morgan fingerprint density at radius 2 is 1.76 bits per heavy atom. The molecule has 0 radical (unpaired) electrons. The van der Waals surface area contributed by atoms with E-state index in [1.165, 1.54) is 6.21 Å². The molecule has 2 rings (SSSR count). The van der Waals surface area contributed by atoms with Crippen molar-refractivity contribution in [1.29, 1.82) is 0 Å². The maximum absolute atomic E-state index is 12.0. The highest BCUT2D eigenvalue weighted by molar-refractivity contribution is 6.39. The largest absolute Gasteiger partial charge is 0.490 e. The number of aryl methyl sites for hydroxylation is 2. The molecule has 7 nitrogen and oxygen atoms in total. The van der Waals surface area contributed by atoms with Gasteiger partial charge in [0.1, 0.15) is 0 Å². The van der Waals surface area contributed by atoms with Crippen molar-refractivity contribution in [2.45, 2.75) is 34.1 Å². The molecule has 0 bridgehead atoms. The van der Waals surface area contributed by atoms with Crippen LogP contribution in [0.5, 0.6) is 11.5 Å². The van der Waals surface area contributed by atoms with Crippen LogP contribution in [0.25, 0.3) is 0 Å². The molecule has 0 spiro atoms. The minimum Gasteiger partial charge on any atom is -0.490 e. The predicted molar refractivity (Wildman–Crippen MR) is 114 cm³/mol. The summed E-state index contributed by atoms with van der Waals surface area (Å²) in [5, 5.41) is 6.40. The van der Waals surface area contributed by atoms with Crippen molar-refractivity contribution in [2.75, 3.05) is 18.5 Å². The molecular weight excluding hydrogens is 370 g/mol. The molecule has 0 aliphatic rings. The molecule has 2 amide bonds. The Labute approximate surface area is 171 Å². The number of carbonyl (C=O) groups is 2. The number of hydrogen-bond donors (Lipinski definition) is 2. The molecule has 0 aliphatic carbocycles. The molecule has 0 unspecified atom stereocenters. The van der Waals surface area contributed by atoms with Gasteiger partial charge >= 0.3 is 11.8 Å². The van der Waals surface area contributed by atoms with Crippen LogP contribution in [0.2, 0.25) is 0 Å². The summed E-state index contributed by atoms with van der Waals surface area (Å²) in [7, 11) is 0. The summed E-state index contributed by atoms with van der Waals surface area (Å²) in [4.78, 5) is 24.0. The summed E-state index contributed by atoms with van der Waals surface area (Å²) in [6.07, 6.45) is 2.33. The average Bonchev–Trinajstić information content (AvgIpc) is 2.70. The Kier molecular flexibility index (Phi) is 8.21. The van der Waals surface area contributed by atoms with E-state index in [4.69, 9.17) is 9.47 Å². The number of nitrogens with zero attached hydrogens (tertiary/aromatic N) is 1. The number of amides is 2. The standard InChI is InChI=1S/C22H27N3O4/c1-5-11-29-19-10-8-17(13-20(19)28-6-2)14-23-25-22(27)21(26)24-18-9-7-15(3)16(4)12-18/h7-10,12-14H,5-6,11H2,1-4H3,(H,24,26)(H,25,27)/b23-14+. The highest BCUT2D eigenvalue weighted by Crippen LogP contribution is 2.28. The van der Waals surface area contributed by atoms with Gasteiger partial charge in [0.05, 0.1) is 19.4 Å². The van der Waals surface area contributed by atoms with E-state index < -0.39 is 11.8 Å². The highest BCUT2D eigenvalue weighted by atomic mass is 16.5. The highest BCUT2D eigenvalue weighted by Gasteiger charge is 2.13. The Hall–Kier alpha value is -3.35. The number of benzene rings is 2. The van der Waals surface area contributed by atoms with E-state index in [0.717, 1.165) is 17.5 Å². The smallest absolute Gasteiger partial charge is 0.329 e. The van der Waals surface area contributed by atoms with Crippen molar-refractivity contribution in [3.63, 3.8) is 0 Å². The molecule has 0 atom stereocenters. The Balaban J connectivity index is 1.96. The number of hydrazone groups is 1. The molecule has 0 fully saturated rings. The van der Waals surface area contributed by atoms with Crippen LogP contribution in [-0.2, 0) is 9.59 Å².